The normalized spacial score (nSPS) is 18.0. The molecule has 0 spiro atoms. The van der Waals surface area contributed by atoms with E-state index >= 15 is 0 Å². The summed E-state index contributed by atoms with van der Waals surface area (Å²) in [6, 6.07) is 4.10. The highest BCUT2D eigenvalue weighted by Gasteiger charge is 2.23. The first-order chi connectivity index (χ1) is 7.56. The second-order valence-electron chi connectivity index (χ2n) is 3.40. The molecule has 0 aromatic heterocycles. The molecule has 1 N–H and O–H groups in total. The Morgan fingerprint density at radius 1 is 1.38 bits per heavy atom. The summed E-state index contributed by atoms with van der Waals surface area (Å²) in [6.07, 6.45) is 1.57. The van der Waals surface area contributed by atoms with E-state index in [9.17, 15) is 14.0 Å². The van der Waals surface area contributed by atoms with E-state index in [1.165, 1.54) is 24.3 Å². The Bertz CT molecular complexity index is 511. The van der Waals surface area contributed by atoms with E-state index in [0.717, 1.165) is 0 Å². The molecule has 82 valence electrons. The molecular weight excluding hydrogens is 233 g/mol. The van der Waals surface area contributed by atoms with Gasteiger partial charge in [0, 0.05) is 5.57 Å². The first kappa shape index (κ1) is 10.8. The lowest BCUT2D eigenvalue weighted by Gasteiger charge is -1.97. The number of carbonyl (C=O) groups excluding carboxylic acids is 2. The van der Waals surface area contributed by atoms with Gasteiger partial charge in [0.1, 0.15) is 5.82 Å². The number of hydrogen-bond acceptors (Lipinski definition) is 2. The van der Waals surface area contributed by atoms with Crippen molar-refractivity contribution in [1.82, 2.24) is 5.32 Å². The number of amides is 2. The lowest BCUT2D eigenvalue weighted by Crippen LogP contribution is -2.19. The lowest BCUT2D eigenvalue weighted by atomic mass is 10.1. The summed E-state index contributed by atoms with van der Waals surface area (Å²) in [7, 11) is 0. The van der Waals surface area contributed by atoms with Crippen molar-refractivity contribution < 1.29 is 14.0 Å². The summed E-state index contributed by atoms with van der Waals surface area (Å²) >= 11 is 5.59. The predicted octanol–water partition coefficient (Wildman–Crippen LogP) is 1.91. The minimum absolute atomic E-state index is 0.0147. The molecule has 3 nitrogen and oxygen atoms in total. The zero-order valence-electron chi connectivity index (χ0n) is 8.09. The highest BCUT2D eigenvalue weighted by atomic mass is 35.5. The highest BCUT2D eigenvalue weighted by molar-refractivity contribution is 6.30. The summed E-state index contributed by atoms with van der Waals surface area (Å²) < 4.78 is 12.9. The number of carbonyl (C=O) groups is 2. The molecule has 2 amide bonds. The molecule has 1 aliphatic rings. The van der Waals surface area contributed by atoms with Crippen LogP contribution in [0, 0.1) is 5.82 Å². The zero-order chi connectivity index (χ0) is 11.7. The van der Waals surface area contributed by atoms with Gasteiger partial charge in [0.15, 0.2) is 0 Å². The molecule has 1 aromatic carbocycles. The number of hydrogen-bond donors (Lipinski definition) is 1. The standard InChI is InChI=1S/C11H7ClFNO2/c12-8-4-6(1-2-9(8)13)3-7-5-10(15)14-11(7)16/h1-4H,5H2,(H,14,15,16)/b7-3-. The molecule has 2 rings (SSSR count). The van der Waals surface area contributed by atoms with E-state index in [-0.39, 0.29) is 17.4 Å². The van der Waals surface area contributed by atoms with Crippen molar-refractivity contribution in [2.75, 3.05) is 0 Å². The average molecular weight is 240 g/mol. The number of imide groups is 1. The van der Waals surface area contributed by atoms with Crippen molar-refractivity contribution >= 4 is 29.5 Å². The summed E-state index contributed by atoms with van der Waals surface area (Å²) in [5.74, 6) is -1.26. The summed E-state index contributed by atoms with van der Waals surface area (Å²) in [4.78, 5) is 22.1. The largest absolute Gasteiger partial charge is 0.292 e. The van der Waals surface area contributed by atoms with Crippen LogP contribution >= 0.6 is 11.6 Å². The van der Waals surface area contributed by atoms with Gasteiger partial charge >= 0.3 is 0 Å². The molecule has 1 saturated heterocycles. The van der Waals surface area contributed by atoms with Gasteiger partial charge in [-0.15, -0.1) is 0 Å². The van der Waals surface area contributed by atoms with Crippen LogP contribution in [0.5, 0.6) is 0 Å². The molecule has 1 aromatic rings. The van der Waals surface area contributed by atoms with Gasteiger partial charge in [0.2, 0.25) is 5.91 Å². The molecular formula is C11H7ClFNO2. The Labute approximate surface area is 95.9 Å². The van der Waals surface area contributed by atoms with Crippen LogP contribution in [0.1, 0.15) is 12.0 Å². The van der Waals surface area contributed by atoms with E-state index in [4.69, 9.17) is 11.6 Å². The third-order valence-corrected chi connectivity index (χ3v) is 2.47. The molecule has 0 unspecified atom stereocenters. The molecule has 16 heavy (non-hydrogen) atoms. The van der Waals surface area contributed by atoms with Crippen molar-refractivity contribution in [3.8, 4) is 0 Å². The van der Waals surface area contributed by atoms with Crippen LogP contribution in [0.15, 0.2) is 23.8 Å². The maximum absolute atomic E-state index is 12.9. The molecule has 5 heteroatoms. The number of rotatable bonds is 1. The van der Waals surface area contributed by atoms with Crippen LogP contribution in [-0.4, -0.2) is 11.8 Å². The van der Waals surface area contributed by atoms with Crippen LogP contribution in [0.3, 0.4) is 0 Å². The molecule has 0 aliphatic carbocycles. The van der Waals surface area contributed by atoms with Crippen LogP contribution < -0.4 is 5.32 Å². The maximum Gasteiger partial charge on any atom is 0.254 e. The summed E-state index contributed by atoms with van der Waals surface area (Å²) in [5, 5.41) is 2.15. The highest BCUT2D eigenvalue weighted by Crippen LogP contribution is 2.20. The van der Waals surface area contributed by atoms with E-state index < -0.39 is 11.7 Å². The monoisotopic (exact) mass is 239 g/mol. The van der Waals surface area contributed by atoms with Crippen molar-refractivity contribution in [2.45, 2.75) is 6.42 Å². The molecule has 0 bridgehead atoms. The Balaban J connectivity index is 2.32. The molecule has 1 aliphatic heterocycles. The first-order valence-electron chi connectivity index (χ1n) is 4.56. The number of nitrogens with one attached hydrogen (secondary N) is 1. The van der Waals surface area contributed by atoms with Crippen LogP contribution in [0.2, 0.25) is 5.02 Å². The van der Waals surface area contributed by atoms with E-state index in [2.05, 4.69) is 5.32 Å². The van der Waals surface area contributed by atoms with Crippen LogP contribution in [-0.2, 0) is 9.59 Å². The fraction of sp³-hybridized carbons (Fsp3) is 0.0909. The minimum Gasteiger partial charge on any atom is -0.292 e. The lowest BCUT2D eigenvalue weighted by molar-refractivity contribution is -0.124. The number of halogens is 2. The van der Waals surface area contributed by atoms with Gasteiger partial charge in [-0.05, 0) is 23.8 Å². The molecule has 0 atom stereocenters. The van der Waals surface area contributed by atoms with Gasteiger partial charge in [-0.25, -0.2) is 4.39 Å². The van der Waals surface area contributed by atoms with Gasteiger partial charge < -0.3 is 0 Å². The van der Waals surface area contributed by atoms with Crippen molar-refractivity contribution in [3.63, 3.8) is 0 Å². The fourth-order valence-corrected chi connectivity index (χ4v) is 1.61. The fourth-order valence-electron chi connectivity index (χ4n) is 1.42. The average Bonchev–Trinajstić information content (AvgIpc) is 2.51. The van der Waals surface area contributed by atoms with Crippen LogP contribution in [0.4, 0.5) is 4.39 Å². The Morgan fingerprint density at radius 3 is 2.69 bits per heavy atom. The Kier molecular flexibility index (Phi) is 2.75. The molecule has 0 radical (unpaired) electrons. The SMILES string of the molecule is O=C1C/C(=C/c2ccc(F)c(Cl)c2)C(=O)N1. The summed E-state index contributed by atoms with van der Waals surface area (Å²) in [6.45, 7) is 0. The third kappa shape index (κ3) is 2.12. The maximum atomic E-state index is 12.9. The van der Waals surface area contributed by atoms with E-state index in [1.807, 2.05) is 0 Å². The Hall–Kier alpha value is -1.68. The first-order valence-corrected chi connectivity index (χ1v) is 4.94. The summed E-state index contributed by atoms with van der Waals surface area (Å²) in [5.41, 5.74) is 0.943. The quantitative estimate of drug-likeness (QED) is 0.601. The van der Waals surface area contributed by atoms with Gasteiger partial charge in [-0.1, -0.05) is 17.7 Å². The topological polar surface area (TPSA) is 46.2 Å². The molecule has 1 heterocycles. The van der Waals surface area contributed by atoms with Gasteiger partial charge in [0.05, 0.1) is 11.4 Å². The predicted molar refractivity (Wildman–Crippen MR) is 57.2 cm³/mol. The van der Waals surface area contributed by atoms with Crippen molar-refractivity contribution in [3.05, 3.63) is 40.2 Å². The smallest absolute Gasteiger partial charge is 0.254 e. The van der Waals surface area contributed by atoms with Gasteiger partial charge in [-0.2, -0.15) is 0 Å². The van der Waals surface area contributed by atoms with Gasteiger partial charge in [0.25, 0.3) is 5.91 Å². The third-order valence-electron chi connectivity index (χ3n) is 2.18. The van der Waals surface area contributed by atoms with E-state index in [1.54, 1.807) is 0 Å². The second-order valence-corrected chi connectivity index (χ2v) is 3.80. The second kappa shape index (κ2) is 4.06. The van der Waals surface area contributed by atoms with Gasteiger partial charge in [-0.3, -0.25) is 14.9 Å². The molecule has 0 saturated carbocycles. The number of benzene rings is 1. The molecule has 1 fully saturated rings. The Morgan fingerprint density at radius 2 is 2.12 bits per heavy atom. The van der Waals surface area contributed by atoms with Crippen LogP contribution in [0.25, 0.3) is 6.08 Å². The minimum atomic E-state index is -0.518. The van der Waals surface area contributed by atoms with Crippen molar-refractivity contribution in [2.24, 2.45) is 0 Å². The van der Waals surface area contributed by atoms with E-state index in [0.29, 0.717) is 11.1 Å². The van der Waals surface area contributed by atoms with Crippen molar-refractivity contribution in [1.29, 1.82) is 0 Å². The zero-order valence-corrected chi connectivity index (χ0v) is 8.84.